The summed E-state index contributed by atoms with van der Waals surface area (Å²) in [5.74, 6) is -0.757. The Morgan fingerprint density at radius 3 is 3.00 bits per heavy atom. The first-order chi connectivity index (χ1) is 6.20. The Morgan fingerprint density at radius 2 is 2.31 bits per heavy atom. The molecule has 1 amide bonds. The van der Waals surface area contributed by atoms with Crippen molar-refractivity contribution >= 4 is 11.6 Å². The van der Waals surface area contributed by atoms with Crippen LogP contribution in [0.4, 0.5) is 10.1 Å². The fourth-order valence-electron chi connectivity index (χ4n) is 1.33. The maximum absolute atomic E-state index is 13.0. The third-order valence-corrected chi connectivity index (χ3v) is 1.94. The highest BCUT2D eigenvalue weighted by atomic mass is 19.1. The van der Waals surface area contributed by atoms with Crippen molar-refractivity contribution in [3.8, 4) is 6.07 Å². The number of anilines is 1. The molecule has 2 rings (SSSR count). The molecule has 3 nitrogen and oxygen atoms in total. The zero-order valence-electron chi connectivity index (χ0n) is 6.60. The van der Waals surface area contributed by atoms with E-state index >= 15 is 0 Å². The van der Waals surface area contributed by atoms with Gasteiger partial charge in [-0.1, -0.05) is 0 Å². The lowest BCUT2D eigenvalue weighted by atomic mass is 10.1. The minimum absolute atomic E-state index is 0.0183. The summed E-state index contributed by atoms with van der Waals surface area (Å²) in [4.78, 5) is 10.9. The van der Waals surface area contributed by atoms with Gasteiger partial charge in [0, 0.05) is 5.69 Å². The number of amides is 1. The maximum Gasteiger partial charge on any atom is 0.228 e. The summed E-state index contributed by atoms with van der Waals surface area (Å²) in [6.45, 7) is 0. The molecule has 0 radical (unpaired) electrons. The van der Waals surface area contributed by atoms with Gasteiger partial charge in [-0.15, -0.1) is 0 Å². The van der Waals surface area contributed by atoms with Crippen molar-refractivity contribution in [1.82, 2.24) is 0 Å². The van der Waals surface area contributed by atoms with Gasteiger partial charge in [0.2, 0.25) is 5.91 Å². The molecule has 13 heavy (non-hydrogen) atoms. The second-order valence-electron chi connectivity index (χ2n) is 2.83. The monoisotopic (exact) mass is 176 g/mol. The smallest absolute Gasteiger partial charge is 0.228 e. The molecular weight excluding hydrogens is 171 g/mol. The van der Waals surface area contributed by atoms with E-state index in [0.717, 1.165) is 0 Å². The van der Waals surface area contributed by atoms with Crippen LogP contribution in [0.2, 0.25) is 0 Å². The van der Waals surface area contributed by atoms with E-state index < -0.39 is 5.82 Å². The lowest BCUT2D eigenvalue weighted by Crippen LogP contribution is -2.03. The van der Waals surface area contributed by atoms with Crippen LogP contribution in [0.5, 0.6) is 0 Å². The fourth-order valence-corrected chi connectivity index (χ4v) is 1.33. The third kappa shape index (κ3) is 1.14. The van der Waals surface area contributed by atoms with E-state index in [1.807, 2.05) is 0 Å². The number of carbonyl (C=O) groups excluding carboxylic acids is 1. The van der Waals surface area contributed by atoms with Gasteiger partial charge in [0.15, 0.2) is 0 Å². The number of rotatable bonds is 0. The van der Waals surface area contributed by atoms with Crippen LogP contribution in [0, 0.1) is 17.1 Å². The van der Waals surface area contributed by atoms with Crippen molar-refractivity contribution in [3.63, 3.8) is 0 Å². The van der Waals surface area contributed by atoms with Crippen LogP contribution < -0.4 is 5.32 Å². The quantitative estimate of drug-likeness (QED) is 0.645. The first kappa shape index (κ1) is 7.74. The molecule has 1 aromatic rings. The lowest BCUT2D eigenvalue weighted by Gasteiger charge is -1.98. The van der Waals surface area contributed by atoms with Crippen LogP contribution in [0.15, 0.2) is 12.1 Å². The number of hydrogen-bond donors (Lipinski definition) is 1. The molecule has 1 aromatic carbocycles. The topological polar surface area (TPSA) is 52.9 Å². The molecule has 64 valence electrons. The highest BCUT2D eigenvalue weighted by molar-refractivity contribution is 5.99. The van der Waals surface area contributed by atoms with Crippen LogP contribution in [0.3, 0.4) is 0 Å². The number of nitrogens with zero attached hydrogens (tertiary/aromatic N) is 1. The average Bonchev–Trinajstić information content (AvgIpc) is 2.42. The van der Waals surface area contributed by atoms with Crippen LogP contribution in [-0.4, -0.2) is 5.91 Å². The second-order valence-corrected chi connectivity index (χ2v) is 2.83. The van der Waals surface area contributed by atoms with Gasteiger partial charge in [-0.2, -0.15) is 5.26 Å². The van der Waals surface area contributed by atoms with Gasteiger partial charge in [0.1, 0.15) is 11.9 Å². The Hall–Kier alpha value is -1.89. The van der Waals surface area contributed by atoms with Crippen molar-refractivity contribution in [2.24, 2.45) is 0 Å². The normalized spacial score (nSPS) is 13.4. The average molecular weight is 176 g/mol. The van der Waals surface area contributed by atoms with E-state index in [9.17, 15) is 9.18 Å². The second kappa shape index (κ2) is 2.56. The van der Waals surface area contributed by atoms with Crippen molar-refractivity contribution in [2.45, 2.75) is 6.42 Å². The SMILES string of the molecule is N#Cc1cc2c(cc1F)NC(=O)C2. The zero-order valence-corrected chi connectivity index (χ0v) is 6.60. The van der Waals surface area contributed by atoms with Crippen molar-refractivity contribution in [1.29, 1.82) is 5.26 Å². The third-order valence-electron chi connectivity index (χ3n) is 1.94. The largest absolute Gasteiger partial charge is 0.325 e. The Balaban J connectivity index is 2.58. The number of fused-ring (bicyclic) bond motifs is 1. The first-order valence-corrected chi connectivity index (χ1v) is 3.73. The van der Waals surface area contributed by atoms with Crippen molar-refractivity contribution < 1.29 is 9.18 Å². The van der Waals surface area contributed by atoms with Crippen LogP contribution in [0.1, 0.15) is 11.1 Å². The predicted molar refractivity (Wildman–Crippen MR) is 43.4 cm³/mol. The number of halogens is 1. The first-order valence-electron chi connectivity index (χ1n) is 3.73. The van der Waals surface area contributed by atoms with E-state index in [4.69, 9.17) is 5.26 Å². The van der Waals surface area contributed by atoms with Gasteiger partial charge >= 0.3 is 0 Å². The summed E-state index contributed by atoms with van der Waals surface area (Å²) in [7, 11) is 0. The molecule has 0 aromatic heterocycles. The van der Waals surface area contributed by atoms with Crippen molar-refractivity contribution in [2.75, 3.05) is 5.32 Å². The molecule has 0 bridgehead atoms. The zero-order chi connectivity index (χ0) is 9.42. The fraction of sp³-hybridized carbons (Fsp3) is 0.111. The summed E-state index contributed by atoms with van der Waals surface area (Å²) in [5.41, 5.74) is 1.14. The van der Waals surface area contributed by atoms with Crippen LogP contribution in [0.25, 0.3) is 0 Å². The molecule has 1 aliphatic heterocycles. The van der Waals surface area contributed by atoms with Crippen LogP contribution >= 0.6 is 0 Å². The van der Waals surface area contributed by atoms with Gasteiger partial charge in [-0.25, -0.2) is 4.39 Å². The lowest BCUT2D eigenvalue weighted by molar-refractivity contribution is -0.115. The number of hydrogen-bond acceptors (Lipinski definition) is 2. The minimum atomic E-state index is -0.594. The molecular formula is C9H5FN2O. The summed E-state index contributed by atoms with van der Waals surface area (Å²) < 4.78 is 13.0. The Morgan fingerprint density at radius 1 is 1.54 bits per heavy atom. The predicted octanol–water partition coefficient (Wildman–Crippen LogP) is 1.19. The molecule has 0 saturated heterocycles. The van der Waals surface area contributed by atoms with Crippen molar-refractivity contribution in [3.05, 3.63) is 29.1 Å². The van der Waals surface area contributed by atoms with E-state index in [0.29, 0.717) is 11.3 Å². The van der Waals surface area contributed by atoms with Gasteiger partial charge in [0.05, 0.1) is 12.0 Å². The van der Waals surface area contributed by atoms with Gasteiger partial charge in [0.25, 0.3) is 0 Å². The molecule has 0 unspecified atom stereocenters. The molecule has 1 aliphatic rings. The molecule has 0 saturated carbocycles. The number of nitrogens with one attached hydrogen (secondary N) is 1. The molecule has 0 aliphatic carbocycles. The molecule has 4 heteroatoms. The van der Waals surface area contributed by atoms with E-state index in [-0.39, 0.29) is 17.9 Å². The molecule has 1 N–H and O–H groups in total. The molecule has 0 atom stereocenters. The van der Waals surface area contributed by atoms with Gasteiger partial charge < -0.3 is 5.32 Å². The molecule has 0 fully saturated rings. The van der Waals surface area contributed by atoms with Gasteiger partial charge in [-0.05, 0) is 17.7 Å². The standard InChI is InChI=1S/C9H5FN2O/c10-7-3-8-5(1-6(7)4-11)2-9(13)12-8/h1,3H,2H2,(H,12,13). The minimum Gasteiger partial charge on any atom is -0.325 e. The summed E-state index contributed by atoms with van der Waals surface area (Å²) in [6.07, 6.45) is 0.226. The Labute approximate surface area is 73.8 Å². The van der Waals surface area contributed by atoms with E-state index in [2.05, 4.69) is 5.32 Å². The van der Waals surface area contributed by atoms with Crippen LogP contribution in [-0.2, 0) is 11.2 Å². The maximum atomic E-state index is 13.0. The summed E-state index contributed by atoms with van der Waals surface area (Å²) in [5, 5.41) is 11.0. The Kier molecular flexibility index (Phi) is 1.52. The summed E-state index contributed by atoms with van der Waals surface area (Å²) in [6, 6.07) is 4.31. The highest BCUT2D eigenvalue weighted by Crippen LogP contribution is 2.25. The number of nitriles is 1. The molecule has 1 heterocycles. The van der Waals surface area contributed by atoms with E-state index in [1.54, 1.807) is 6.07 Å². The highest BCUT2D eigenvalue weighted by Gasteiger charge is 2.19. The van der Waals surface area contributed by atoms with E-state index in [1.165, 1.54) is 12.1 Å². The number of carbonyl (C=O) groups is 1. The number of benzene rings is 1. The van der Waals surface area contributed by atoms with Gasteiger partial charge in [-0.3, -0.25) is 4.79 Å². The summed E-state index contributed by atoms with van der Waals surface area (Å²) >= 11 is 0. The Bertz CT molecular complexity index is 434. The molecule has 0 spiro atoms.